The summed E-state index contributed by atoms with van der Waals surface area (Å²) >= 11 is 0. The highest BCUT2D eigenvalue weighted by Crippen LogP contribution is 2.46. The van der Waals surface area contributed by atoms with Crippen molar-refractivity contribution in [3.63, 3.8) is 0 Å². The Morgan fingerprint density at radius 2 is 1.82 bits per heavy atom. The summed E-state index contributed by atoms with van der Waals surface area (Å²) in [6.45, 7) is 1.29. The zero-order valence-electron chi connectivity index (χ0n) is 19.2. The average molecular weight is 449 g/mol. The molecular weight excluding hydrogens is 416 g/mol. The quantitative estimate of drug-likeness (QED) is 0.741. The molecule has 1 aliphatic carbocycles. The first kappa shape index (κ1) is 21.8. The Morgan fingerprint density at radius 1 is 1.09 bits per heavy atom. The number of nitrogens with zero attached hydrogens (tertiary/aromatic N) is 1. The first-order valence-corrected chi connectivity index (χ1v) is 12.1. The Bertz CT molecular complexity index is 1010. The van der Waals surface area contributed by atoms with Gasteiger partial charge in [-0.1, -0.05) is 18.2 Å². The Balaban J connectivity index is 1.26. The summed E-state index contributed by atoms with van der Waals surface area (Å²) in [7, 11) is 1.62. The predicted molar refractivity (Wildman–Crippen MR) is 126 cm³/mol. The Kier molecular flexibility index (Phi) is 6.00. The summed E-state index contributed by atoms with van der Waals surface area (Å²) in [5.74, 6) is 1.95. The molecule has 0 aromatic heterocycles. The summed E-state index contributed by atoms with van der Waals surface area (Å²) < 4.78 is 11.8. The topological polar surface area (TPSA) is 67.9 Å². The van der Waals surface area contributed by atoms with Gasteiger partial charge in [-0.2, -0.15) is 0 Å². The third kappa shape index (κ3) is 4.56. The van der Waals surface area contributed by atoms with Crippen molar-refractivity contribution in [1.82, 2.24) is 10.2 Å². The first-order chi connectivity index (χ1) is 16.0. The lowest BCUT2D eigenvalue weighted by Gasteiger charge is -2.47. The summed E-state index contributed by atoms with van der Waals surface area (Å²) in [5.41, 5.74) is 1.47. The van der Waals surface area contributed by atoms with E-state index in [1.54, 1.807) is 7.11 Å². The van der Waals surface area contributed by atoms with Crippen LogP contribution in [0.25, 0.3) is 0 Å². The van der Waals surface area contributed by atoms with E-state index in [0.29, 0.717) is 31.1 Å². The minimum Gasteiger partial charge on any atom is -0.497 e. The molecule has 1 spiro atoms. The zero-order valence-corrected chi connectivity index (χ0v) is 19.2. The summed E-state index contributed by atoms with van der Waals surface area (Å²) in [4.78, 5) is 27.6. The molecule has 1 unspecified atom stereocenters. The molecule has 2 aliphatic heterocycles. The molecule has 2 aromatic carbocycles. The van der Waals surface area contributed by atoms with E-state index >= 15 is 0 Å². The van der Waals surface area contributed by atoms with Gasteiger partial charge in [-0.3, -0.25) is 9.59 Å². The van der Waals surface area contributed by atoms with E-state index in [0.717, 1.165) is 49.2 Å². The lowest BCUT2D eigenvalue weighted by atomic mass is 9.76. The van der Waals surface area contributed by atoms with Gasteiger partial charge in [-0.25, -0.2) is 0 Å². The molecule has 1 saturated carbocycles. The van der Waals surface area contributed by atoms with Gasteiger partial charge in [0.2, 0.25) is 5.91 Å². The van der Waals surface area contributed by atoms with Crippen molar-refractivity contribution >= 4 is 11.8 Å². The second kappa shape index (κ2) is 9.08. The number of nitrogens with one attached hydrogen (secondary N) is 1. The molecule has 2 heterocycles. The monoisotopic (exact) mass is 448 g/mol. The van der Waals surface area contributed by atoms with E-state index in [1.807, 2.05) is 47.4 Å². The number of piperidine rings is 1. The van der Waals surface area contributed by atoms with Crippen LogP contribution in [0.2, 0.25) is 0 Å². The fourth-order valence-corrected chi connectivity index (χ4v) is 5.33. The number of para-hydroxylation sites is 1. The summed E-state index contributed by atoms with van der Waals surface area (Å²) in [6.07, 6.45) is 6.24. The lowest BCUT2D eigenvalue weighted by Crippen LogP contribution is -2.52. The molecule has 0 bridgehead atoms. The minimum absolute atomic E-state index is 0.0418. The van der Waals surface area contributed by atoms with Gasteiger partial charge in [0.1, 0.15) is 17.1 Å². The van der Waals surface area contributed by atoms with E-state index in [2.05, 4.69) is 11.4 Å². The van der Waals surface area contributed by atoms with Crippen LogP contribution < -0.4 is 14.8 Å². The van der Waals surface area contributed by atoms with Crippen LogP contribution >= 0.6 is 0 Å². The zero-order chi connectivity index (χ0) is 22.8. The first-order valence-electron chi connectivity index (χ1n) is 12.1. The number of methoxy groups -OCH3 is 1. The van der Waals surface area contributed by atoms with Crippen LogP contribution in [0.5, 0.6) is 11.5 Å². The van der Waals surface area contributed by atoms with Crippen LogP contribution in [0.4, 0.5) is 0 Å². The molecule has 2 aromatic rings. The van der Waals surface area contributed by atoms with Crippen molar-refractivity contribution in [1.29, 1.82) is 0 Å². The number of benzene rings is 2. The number of ether oxygens (including phenoxy) is 2. The molecule has 1 saturated heterocycles. The van der Waals surface area contributed by atoms with Gasteiger partial charge in [0.15, 0.2) is 0 Å². The molecule has 0 radical (unpaired) electrons. The van der Waals surface area contributed by atoms with Crippen molar-refractivity contribution in [2.24, 2.45) is 0 Å². The Morgan fingerprint density at radius 3 is 2.48 bits per heavy atom. The molecule has 6 nitrogen and oxygen atoms in total. The van der Waals surface area contributed by atoms with Crippen molar-refractivity contribution in [2.45, 2.75) is 62.5 Å². The van der Waals surface area contributed by atoms with Crippen molar-refractivity contribution in [3.05, 3.63) is 59.7 Å². The molecule has 174 valence electrons. The normalized spacial score (nSPS) is 21.5. The van der Waals surface area contributed by atoms with Gasteiger partial charge in [0.05, 0.1) is 7.11 Å². The highest BCUT2D eigenvalue weighted by Gasteiger charge is 2.44. The van der Waals surface area contributed by atoms with E-state index < -0.39 is 0 Å². The second-order valence-electron chi connectivity index (χ2n) is 9.64. The van der Waals surface area contributed by atoms with E-state index in [4.69, 9.17) is 9.47 Å². The van der Waals surface area contributed by atoms with Crippen LogP contribution in [0.1, 0.15) is 66.8 Å². The Labute approximate surface area is 195 Å². The third-order valence-electron chi connectivity index (χ3n) is 7.50. The van der Waals surface area contributed by atoms with Gasteiger partial charge >= 0.3 is 0 Å². The fourth-order valence-electron chi connectivity index (χ4n) is 5.33. The standard InChI is InChI=1S/C27H32N2O4/c1-32-22-11-9-19(10-12-22)26(31)29-15-13-27(14-16-29)18-20(17-25(30)28-21-5-4-6-21)23-7-2-3-8-24(23)33-27/h2-3,7-12,20-21H,4-6,13-18H2,1H3,(H,28,30). The number of hydrogen-bond acceptors (Lipinski definition) is 4. The molecular formula is C27H32N2O4. The SMILES string of the molecule is COc1ccc(C(=O)N2CCC3(CC2)CC(CC(=O)NC2CCC2)c2ccccc2O3)cc1. The van der Waals surface area contributed by atoms with Gasteiger partial charge in [-0.15, -0.1) is 0 Å². The maximum atomic E-state index is 13.0. The number of amides is 2. The summed E-state index contributed by atoms with van der Waals surface area (Å²) in [6, 6.07) is 15.7. The van der Waals surface area contributed by atoms with Gasteiger partial charge in [0.25, 0.3) is 5.91 Å². The van der Waals surface area contributed by atoms with Crippen LogP contribution in [0.15, 0.2) is 48.5 Å². The smallest absolute Gasteiger partial charge is 0.253 e. The molecule has 33 heavy (non-hydrogen) atoms. The van der Waals surface area contributed by atoms with Gasteiger partial charge < -0.3 is 19.7 Å². The highest BCUT2D eigenvalue weighted by atomic mass is 16.5. The number of carbonyl (C=O) groups is 2. The second-order valence-corrected chi connectivity index (χ2v) is 9.64. The highest BCUT2D eigenvalue weighted by molar-refractivity contribution is 5.94. The maximum Gasteiger partial charge on any atom is 0.253 e. The predicted octanol–water partition coefficient (Wildman–Crippen LogP) is 4.30. The minimum atomic E-state index is -0.327. The van der Waals surface area contributed by atoms with Crippen LogP contribution in [0.3, 0.4) is 0 Å². The molecule has 1 atom stereocenters. The van der Waals surface area contributed by atoms with Crippen LogP contribution in [-0.4, -0.2) is 48.6 Å². The number of fused-ring (bicyclic) bond motifs is 1. The van der Waals surface area contributed by atoms with Crippen molar-refractivity contribution < 1.29 is 19.1 Å². The van der Waals surface area contributed by atoms with Crippen LogP contribution in [0, 0.1) is 0 Å². The van der Waals surface area contributed by atoms with Gasteiger partial charge in [-0.05, 0) is 61.6 Å². The molecule has 5 rings (SSSR count). The number of hydrogen-bond donors (Lipinski definition) is 1. The van der Waals surface area contributed by atoms with E-state index in [1.165, 1.54) is 6.42 Å². The summed E-state index contributed by atoms with van der Waals surface area (Å²) in [5, 5.41) is 3.19. The maximum absolute atomic E-state index is 13.0. The number of likely N-dealkylation sites (tertiary alicyclic amines) is 1. The fraction of sp³-hybridized carbons (Fsp3) is 0.481. The van der Waals surface area contributed by atoms with Crippen molar-refractivity contribution in [2.75, 3.05) is 20.2 Å². The van der Waals surface area contributed by atoms with Gasteiger partial charge in [0, 0.05) is 49.9 Å². The lowest BCUT2D eigenvalue weighted by molar-refractivity contribution is -0.123. The average Bonchev–Trinajstić information content (AvgIpc) is 2.81. The third-order valence-corrected chi connectivity index (χ3v) is 7.50. The molecule has 3 aliphatic rings. The molecule has 2 amide bonds. The molecule has 6 heteroatoms. The Hall–Kier alpha value is -3.02. The largest absolute Gasteiger partial charge is 0.497 e. The molecule has 1 N–H and O–H groups in total. The molecule has 2 fully saturated rings. The van der Waals surface area contributed by atoms with Crippen LogP contribution in [-0.2, 0) is 4.79 Å². The van der Waals surface area contributed by atoms with E-state index in [9.17, 15) is 9.59 Å². The van der Waals surface area contributed by atoms with Crippen molar-refractivity contribution in [3.8, 4) is 11.5 Å². The number of carbonyl (C=O) groups excluding carboxylic acids is 2. The number of rotatable bonds is 5. The van der Waals surface area contributed by atoms with E-state index in [-0.39, 0.29) is 23.3 Å².